The molecule has 0 aliphatic carbocycles. The lowest BCUT2D eigenvalue weighted by atomic mass is 9.88. The van der Waals surface area contributed by atoms with E-state index in [9.17, 15) is 9.59 Å². The molecule has 1 saturated heterocycles. The molecule has 2 amide bonds. The number of nitrogens with zero attached hydrogens (tertiary/aromatic N) is 1. The van der Waals surface area contributed by atoms with Gasteiger partial charge >= 0.3 is 0 Å². The molecule has 1 unspecified atom stereocenters. The Balaban J connectivity index is 1.11. The van der Waals surface area contributed by atoms with Crippen molar-refractivity contribution in [1.29, 1.82) is 0 Å². The van der Waals surface area contributed by atoms with Gasteiger partial charge in [-0.25, -0.2) is 0 Å². The van der Waals surface area contributed by atoms with E-state index in [-0.39, 0.29) is 17.9 Å². The summed E-state index contributed by atoms with van der Waals surface area (Å²) in [4.78, 5) is 27.1. The van der Waals surface area contributed by atoms with Gasteiger partial charge in [-0.3, -0.25) is 14.5 Å². The lowest BCUT2D eigenvalue weighted by Crippen LogP contribution is -2.45. The molecule has 6 nitrogen and oxygen atoms in total. The third-order valence-corrected chi connectivity index (χ3v) is 8.54. The number of carbonyl (C=O) groups excluding carboxylic acids is 2. The number of fused-ring (bicyclic) bond motifs is 3. The number of furan rings is 1. The Bertz CT molecular complexity index is 1750. The van der Waals surface area contributed by atoms with Gasteiger partial charge in [-0.1, -0.05) is 60.1 Å². The number of hydrogen-bond acceptors (Lipinski definition) is 4. The lowest BCUT2D eigenvalue weighted by Gasteiger charge is -2.36. The second kappa shape index (κ2) is 12.0. The van der Waals surface area contributed by atoms with E-state index in [1.807, 2.05) is 60.7 Å². The molecule has 0 bridgehead atoms. The van der Waals surface area contributed by atoms with Crippen LogP contribution < -0.4 is 10.6 Å². The average Bonchev–Trinajstić information content (AvgIpc) is 3.44. The highest BCUT2D eigenvalue weighted by molar-refractivity contribution is 6.30. The minimum Gasteiger partial charge on any atom is -0.450 e. The number of anilines is 1. The zero-order valence-corrected chi connectivity index (χ0v) is 24.6. The molecular formula is C35H34ClN3O3. The molecule has 1 aliphatic heterocycles. The largest absolute Gasteiger partial charge is 0.450 e. The summed E-state index contributed by atoms with van der Waals surface area (Å²) in [6, 6.07) is 28.2. The first-order valence-corrected chi connectivity index (χ1v) is 14.8. The number of rotatable bonds is 7. The van der Waals surface area contributed by atoms with Gasteiger partial charge in [-0.05, 0) is 97.2 Å². The van der Waals surface area contributed by atoms with E-state index in [2.05, 4.69) is 46.7 Å². The summed E-state index contributed by atoms with van der Waals surface area (Å²) in [6.07, 6.45) is 2.07. The van der Waals surface area contributed by atoms with E-state index in [1.165, 1.54) is 12.5 Å². The van der Waals surface area contributed by atoms with Crippen molar-refractivity contribution in [2.45, 2.75) is 38.6 Å². The molecule has 0 spiro atoms. The van der Waals surface area contributed by atoms with Crippen LogP contribution in [0.5, 0.6) is 0 Å². The van der Waals surface area contributed by atoms with Crippen LogP contribution in [0.1, 0.15) is 48.7 Å². The Morgan fingerprint density at radius 2 is 1.69 bits per heavy atom. The second-order valence-corrected chi connectivity index (χ2v) is 11.6. The third kappa shape index (κ3) is 5.91. The van der Waals surface area contributed by atoms with Gasteiger partial charge in [0.1, 0.15) is 5.58 Å². The van der Waals surface area contributed by atoms with E-state index in [4.69, 9.17) is 16.0 Å². The SMILES string of the molecule is CC(=O)Nc1cccc(C2CCN(C(C)CNC(=O)c3cc4cc(-c5ccc(Cl)cc5)c5ccccc5c4o3)CC2)c1. The first-order chi connectivity index (χ1) is 20.4. The first kappa shape index (κ1) is 28.0. The molecule has 2 heterocycles. The van der Waals surface area contributed by atoms with Crippen LogP contribution in [0.4, 0.5) is 5.69 Å². The number of nitrogens with one attached hydrogen (secondary N) is 2. The maximum absolute atomic E-state index is 13.2. The smallest absolute Gasteiger partial charge is 0.287 e. The Labute approximate surface area is 250 Å². The van der Waals surface area contributed by atoms with E-state index >= 15 is 0 Å². The molecule has 7 heteroatoms. The lowest BCUT2D eigenvalue weighted by molar-refractivity contribution is -0.114. The summed E-state index contributed by atoms with van der Waals surface area (Å²) in [7, 11) is 0. The zero-order chi connectivity index (χ0) is 29.2. The molecule has 0 radical (unpaired) electrons. The van der Waals surface area contributed by atoms with Crippen LogP contribution in [0, 0.1) is 0 Å². The van der Waals surface area contributed by atoms with Crippen LogP contribution in [-0.4, -0.2) is 42.4 Å². The molecule has 2 N–H and O–H groups in total. The maximum Gasteiger partial charge on any atom is 0.287 e. The van der Waals surface area contributed by atoms with Crippen molar-refractivity contribution < 1.29 is 14.0 Å². The maximum atomic E-state index is 13.2. The van der Waals surface area contributed by atoms with Gasteiger partial charge in [0.15, 0.2) is 5.76 Å². The van der Waals surface area contributed by atoms with Crippen LogP contribution in [-0.2, 0) is 4.79 Å². The monoisotopic (exact) mass is 579 g/mol. The van der Waals surface area contributed by atoms with Crippen LogP contribution >= 0.6 is 11.6 Å². The normalized spacial score (nSPS) is 15.1. The highest BCUT2D eigenvalue weighted by atomic mass is 35.5. The summed E-state index contributed by atoms with van der Waals surface area (Å²) >= 11 is 6.13. The molecule has 1 fully saturated rings. The van der Waals surface area contributed by atoms with Gasteiger partial charge in [0.05, 0.1) is 0 Å². The summed E-state index contributed by atoms with van der Waals surface area (Å²) in [5.74, 6) is 0.504. The fourth-order valence-corrected chi connectivity index (χ4v) is 6.18. The third-order valence-electron chi connectivity index (χ3n) is 8.29. The molecule has 1 aliphatic rings. The van der Waals surface area contributed by atoms with Gasteiger partial charge in [-0.2, -0.15) is 0 Å². The Morgan fingerprint density at radius 3 is 2.43 bits per heavy atom. The van der Waals surface area contributed by atoms with Crippen LogP contribution in [0.25, 0.3) is 32.9 Å². The predicted molar refractivity (Wildman–Crippen MR) is 170 cm³/mol. The topological polar surface area (TPSA) is 74.6 Å². The van der Waals surface area contributed by atoms with Crippen molar-refractivity contribution >= 4 is 50.8 Å². The van der Waals surface area contributed by atoms with Gasteiger partial charge in [0.25, 0.3) is 5.91 Å². The van der Waals surface area contributed by atoms with E-state index in [0.717, 1.165) is 58.9 Å². The molecule has 5 aromatic rings. The van der Waals surface area contributed by atoms with Crippen LogP contribution in [0.15, 0.2) is 89.3 Å². The minimum atomic E-state index is -0.208. The van der Waals surface area contributed by atoms with Crippen molar-refractivity contribution in [3.8, 4) is 11.1 Å². The Morgan fingerprint density at radius 1 is 0.952 bits per heavy atom. The highest BCUT2D eigenvalue weighted by Gasteiger charge is 2.25. The van der Waals surface area contributed by atoms with Crippen LogP contribution in [0.2, 0.25) is 5.02 Å². The summed E-state index contributed by atoms with van der Waals surface area (Å²) in [6.45, 7) is 6.13. The zero-order valence-electron chi connectivity index (χ0n) is 23.8. The highest BCUT2D eigenvalue weighted by Crippen LogP contribution is 2.37. The quantitative estimate of drug-likeness (QED) is 0.206. The summed E-state index contributed by atoms with van der Waals surface area (Å²) < 4.78 is 6.15. The molecule has 6 rings (SSSR count). The van der Waals surface area contributed by atoms with Gasteiger partial charge in [-0.15, -0.1) is 0 Å². The van der Waals surface area contributed by atoms with E-state index in [1.54, 1.807) is 0 Å². The number of amides is 2. The van der Waals surface area contributed by atoms with E-state index < -0.39 is 0 Å². The van der Waals surface area contributed by atoms with Crippen molar-refractivity contribution in [2.24, 2.45) is 0 Å². The van der Waals surface area contributed by atoms with Crippen molar-refractivity contribution in [1.82, 2.24) is 10.2 Å². The Kier molecular flexibility index (Phi) is 8.00. The van der Waals surface area contributed by atoms with Crippen molar-refractivity contribution in [3.63, 3.8) is 0 Å². The number of halogens is 1. The Hall–Kier alpha value is -4.13. The van der Waals surface area contributed by atoms with Gasteiger partial charge < -0.3 is 15.1 Å². The number of piperidine rings is 1. The second-order valence-electron chi connectivity index (χ2n) is 11.2. The fourth-order valence-electron chi connectivity index (χ4n) is 6.06. The molecule has 4 aromatic carbocycles. The number of likely N-dealkylation sites (tertiary alicyclic amines) is 1. The molecule has 1 aromatic heterocycles. The van der Waals surface area contributed by atoms with Gasteiger partial charge in [0, 0.05) is 41.0 Å². The average molecular weight is 580 g/mol. The summed E-state index contributed by atoms with van der Waals surface area (Å²) in [5, 5.41) is 9.59. The molecule has 214 valence electrons. The standard InChI is InChI=1S/C35H34ClN3O3/c1-22(39-16-14-24(15-17-39)26-6-5-7-29(18-26)38-23(2)40)21-37-35(41)33-20-27-19-32(25-10-12-28(36)13-11-25)30-8-3-4-9-31(30)34(27)42-33/h3-13,18-20,22,24H,14-17,21H2,1-2H3,(H,37,41)(H,38,40). The molecule has 1 atom stereocenters. The number of hydrogen-bond donors (Lipinski definition) is 2. The summed E-state index contributed by atoms with van der Waals surface area (Å²) in [5.41, 5.74) is 4.95. The van der Waals surface area contributed by atoms with Crippen molar-refractivity contribution in [2.75, 3.05) is 25.0 Å². The van der Waals surface area contributed by atoms with Crippen LogP contribution in [0.3, 0.4) is 0 Å². The minimum absolute atomic E-state index is 0.0588. The fraction of sp³-hybridized carbons (Fsp3) is 0.257. The molecular weight excluding hydrogens is 546 g/mol. The predicted octanol–water partition coefficient (Wildman–Crippen LogP) is 7.86. The number of carbonyl (C=O) groups is 2. The van der Waals surface area contributed by atoms with E-state index in [0.29, 0.717) is 28.8 Å². The molecule has 42 heavy (non-hydrogen) atoms. The molecule has 0 saturated carbocycles. The number of benzene rings is 4. The van der Waals surface area contributed by atoms with Crippen molar-refractivity contribution in [3.05, 3.63) is 101 Å². The van der Waals surface area contributed by atoms with Gasteiger partial charge in [0.2, 0.25) is 5.91 Å². The first-order valence-electron chi connectivity index (χ1n) is 14.5.